The second-order valence-electron chi connectivity index (χ2n) is 6.21. The van der Waals surface area contributed by atoms with Crippen molar-refractivity contribution in [1.29, 1.82) is 0 Å². The number of alkyl halides is 2. The van der Waals surface area contributed by atoms with Crippen LogP contribution in [0.3, 0.4) is 0 Å². The Morgan fingerprint density at radius 3 is 2.62 bits per heavy atom. The third kappa shape index (κ3) is 3.98. The van der Waals surface area contributed by atoms with Crippen LogP contribution in [0.2, 0.25) is 5.02 Å². The number of benzene rings is 1. The predicted molar refractivity (Wildman–Crippen MR) is 85.7 cm³/mol. The first-order valence-corrected chi connectivity index (χ1v) is 7.87. The number of allylic oxidation sites excluding steroid dienone is 1. The van der Waals surface area contributed by atoms with Gasteiger partial charge in [0.15, 0.2) is 0 Å². The largest absolute Gasteiger partial charge is 0.494 e. The third-order valence-electron chi connectivity index (χ3n) is 4.13. The van der Waals surface area contributed by atoms with Gasteiger partial charge in [-0.3, -0.25) is 4.79 Å². The molecular weight excluding hydrogens is 342 g/mol. The maximum atomic E-state index is 14.0. The van der Waals surface area contributed by atoms with Gasteiger partial charge in [0.05, 0.1) is 17.5 Å². The SMILES string of the molecule is CCOc1ccc(OC(F)(F)C=CC2C(C(=O)O)C2(C)C)c(Cl)c1. The van der Waals surface area contributed by atoms with Gasteiger partial charge in [0.25, 0.3) is 0 Å². The highest BCUT2D eigenvalue weighted by molar-refractivity contribution is 6.32. The Kier molecular flexibility index (Phi) is 5.08. The van der Waals surface area contributed by atoms with Gasteiger partial charge < -0.3 is 14.6 Å². The molecule has 24 heavy (non-hydrogen) atoms. The minimum Gasteiger partial charge on any atom is -0.494 e. The fourth-order valence-corrected chi connectivity index (χ4v) is 2.93. The van der Waals surface area contributed by atoms with E-state index in [-0.39, 0.29) is 10.8 Å². The summed E-state index contributed by atoms with van der Waals surface area (Å²) in [4.78, 5) is 11.1. The number of ether oxygens (including phenoxy) is 2. The predicted octanol–water partition coefficient (Wildman–Crippen LogP) is 4.62. The van der Waals surface area contributed by atoms with Crippen LogP contribution in [-0.2, 0) is 4.79 Å². The second kappa shape index (κ2) is 6.59. The van der Waals surface area contributed by atoms with Gasteiger partial charge in [-0.1, -0.05) is 31.5 Å². The van der Waals surface area contributed by atoms with E-state index in [9.17, 15) is 13.6 Å². The molecule has 132 valence electrons. The van der Waals surface area contributed by atoms with Crippen molar-refractivity contribution in [3.8, 4) is 11.5 Å². The minimum atomic E-state index is -3.60. The highest BCUT2D eigenvalue weighted by Gasteiger charge is 2.61. The highest BCUT2D eigenvalue weighted by Crippen LogP contribution is 2.59. The van der Waals surface area contributed by atoms with Crippen LogP contribution in [0.15, 0.2) is 30.4 Å². The van der Waals surface area contributed by atoms with Gasteiger partial charge in [-0.25, -0.2) is 0 Å². The lowest BCUT2D eigenvalue weighted by Gasteiger charge is -2.16. The molecule has 1 aliphatic carbocycles. The first-order valence-electron chi connectivity index (χ1n) is 7.50. The average Bonchev–Trinajstić information content (AvgIpc) is 3.02. The minimum absolute atomic E-state index is 0.00388. The first-order chi connectivity index (χ1) is 11.1. The number of hydrogen-bond donors (Lipinski definition) is 1. The molecule has 0 amide bonds. The number of carboxylic acid groups (broad SMARTS) is 1. The summed E-state index contributed by atoms with van der Waals surface area (Å²) < 4.78 is 37.8. The lowest BCUT2D eigenvalue weighted by molar-refractivity contribution is -0.139. The van der Waals surface area contributed by atoms with Crippen LogP contribution < -0.4 is 9.47 Å². The topological polar surface area (TPSA) is 55.8 Å². The molecule has 7 heteroatoms. The van der Waals surface area contributed by atoms with Crippen molar-refractivity contribution in [2.24, 2.45) is 17.3 Å². The Labute approximate surface area is 144 Å². The number of halogens is 3. The molecule has 4 nitrogen and oxygen atoms in total. The summed E-state index contributed by atoms with van der Waals surface area (Å²) in [5.74, 6) is -1.84. The number of carbonyl (C=O) groups is 1. The Balaban J connectivity index is 2.06. The Hall–Kier alpha value is -1.82. The number of carboxylic acids is 1. The lowest BCUT2D eigenvalue weighted by atomic mass is 10.1. The van der Waals surface area contributed by atoms with Crippen LogP contribution in [0.4, 0.5) is 8.78 Å². The Morgan fingerprint density at radius 1 is 1.46 bits per heavy atom. The van der Waals surface area contributed by atoms with Gasteiger partial charge in [-0.2, -0.15) is 8.78 Å². The molecule has 0 heterocycles. The van der Waals surface area contributed by atoms with E-state index in [4.69, 9.17) is 21.4 Å². The molecule has 0 aliphatic heterocycles. The number of rotatable bonds is 7. The van der Waals surface area contributed by atoms with Crippen LogP contribution in [0.1, 0.15) is 20.8 Å². The molecule has 0 saturated heterocycles. The van der Waals surface area contributed by atoms with E-state index in [1.54, 1.807) is 20.8 Å². The smallest absolute Gasteiger partial charge is 0.419 e. The summed E-state index contributed by atoms with van der Waals surface area (Å²) in [6.07, 6.45) is -1.82. The van der Waals surface area contributed by atoms with Gasteiger partial charge in [-0.15, -0.1) is 0 Å². The van der Waals surface area contributed by atoms with E-state index in [1.165, 1.54) is 24.3 Å². The summed E-state index contributed by atoms with van der Waals surface area (Å²) in [6, 6.07) is 4.18. The van der Waals surface area contributed by atoms with Crippen molar-refractivity contribution in [3.63, 3.8) is 0 Å². The molecule has 0 radical (unpaired) electrons. The van der Waals surface area contributed by atoms with Gasteiger partial charge in [0, 0.05) is 12.1 Å². The summed E-state index contributed by atoms with van der Waals surface area (Å²) in [5, 5.41) is 9.05. The van der Waals surface area contributed by atoms with Crippen LogP contribution in [0.5, 0.6) is 11.5 Å². The number of hydrogen-bond acceptors (Lipinski definition) is 3. The average molecular weight is 361 g/mol. The van der Waals surface area contributed by atoms with Crippen LogP contribution in [0.25, 0.3) is 0 Å². The summed E-state index contributed by atoms with van der Waals surface area (Å²) in [5.41, 5.74) is -0.546. The van der Waals surface area contributed by atoms with Crippen molar-refractivity contribution in [2.75, 3.05) is 6.61 Å². The van der Waals surface area contributed by atoms with Crippen molar-refractivity contribution in [2.45, 2.75) is 26.9 Å². The maximum absolute atomic E-state index is 14.0. The van der Waals surface area contributed by atoms with Gasteiger partial charge in [-0.05, 0) is 30.4 Å². The molecule has 1 saturated carbocycles. The van der Waals surface area contributed by atoms with Gasteiger partial charge in [0.2, 0.25) is 0 Å². The molecule has 2 unspecified atom stereocenters. The standard InChI is InChI=1S/C17H19ClF2O4/c1-4-23-10-5-6-13(12(18)9-10)24-17(19,20)8-7-11-14(15(21)22)16(11,2)3/h5-9,11,14H,4H2,1-3H3,(H,21,22). The van der Waals surface area contributed by atoms with Crippen molar-refractivity contribution in [1.82, 2.24) is 0 Å². The second-order valence-corrected chi connectivity index (χ2v) is 6.62. The summed E-state index contributed by atoms with van der Waals surface area (Å²) in [6.45, 7) is 5.67. The van der Waals surface area contributed by atoms with Crippen molar-refractivity contribution >= 4 is 17.6 Å². The van der Waals surface area contributed by atoms with E-state index in [0.29, 0.717) is 18.4 Å². The Bertz CT molecular complexity index is 658. The monoisotopic (exact) mass is 360 g/mol. The fourth-order valence-electron chi connectivity index (χ4n) is 2.73. The zero-order chi connectivity index (χ0) is 18.1. The maximum Gasteiger partial charge on any atom is 0.419 e. The van der Waals surface area contributed by atoms with Gasteiger partial charge >= 0.3 is 12.1 Å². The van der Waals surface area contributed by atoms with Crippen molar-refractivity contribution < 1.29 is 28.2 Å². The van der Waals surface area contributed by atoms with E-state index >= 15 is 0 Å². The number of aliphatic carboxylic acids is 1. The quantitative estimate of drug-likeness (QED) is 0.721. The van der Waals surface area contributed by atoms with Crippen LogP contribution in [-0.4, -0.2) is 23.8 Å². The van der Waals surface area contributed by atoms with Gasteiger partial charge in [0.1, 0.15) is 11.5 Å². The molecular formula is C17H19ClF2O4. The Morgan fingerprint density at radius 2 is 2.12 bits per heavy atom. The molecule has 2 rings (SSSR count). The molecule has 1 N–H and O–H groups in total. The summed E-state index contributed by atoms with van der Waals surface area (Å²) in [7, 11) is 0. The van der Waals surface area contributed by atoms with E-state index in [1.807, 2.05) is 0 Å². The van der Waals surface area contributed by atoms with E-state index < -0.39 is 29.3 Å². The fraction of sp³-hybridized carbons (Fsp3) is 0.471. The highest BCUT2D eigenvalue weighted by atomic mass is 35.5. The lowest BCUT2D eigenvalue weighted by Crippen LogP contribution is -2.21. The zero-order valence-electron chi connectivity index (χ0n) is 13.6. The summed E-state index contributed by atoms with van der Waals surface area (Å²) >= 11 is 5.92. The first kappa shape index (κ1) is 18.5. The molecule has 0 aromatic heterocycles. The third-order valence-corrected chi connectivity index (χ3v) is 4.43. The molecule has 1 aromatic rings. The van der Waals surface area contributed by atoms with E-state index in [0.717, 1.165) is 0 Å². The molecule has 2 atom stereocenters. The van der Waals surface area contributed by atoms with Crippen molar-refractivity contribution in [3.05, 3.63) is 35.4 Å². The molecule has 1 aliphatic rings. The van der Waals surface area contributed by atoms with Crippen LogP contribution in [0, 0.1) is 17.3 Å². The normalized spacial score (nSPS) is 22.4. The van der Waals surface area contributed by atoms with E-state index in [2.05, 4.69) is 4.74 Å². The molecule has 1 fully saturated rings. The zero-order valence-corrected chi connectivity index (χ0v) is 14.3. The molecule has 0 bridgehead atoms. The molecule has 1 aromatic carbocycles. The van der Waals surface area contributed by atoms with Crippen LogP contribution >= 0.6 is 11.6 Å². The molecule has 0 spiro atoms.